The first kappa shape index (κ1) is 23.3. The van der Waals surface area contributed by atoms with Crippen molar-refractivity contribution in [2.45, 2.75) is 49.6 Å². The van der Waals surface area contributed by atoms with Crippen molar-refractivity contribution in [1.29, 1.82) is 10.5 Å². The van der Waals surface area contributed by atoms with Crippen LogP contribution in [0.3, 0.4) is 0 Å². The number of halogens is 2. The van der Waals surface area contributed by atoms with Gasteiger partial charge in [0.2, 0.25) is 10.0 Å². The lowest BCUT2D eigenvalue weighted by Crippen LogP contribution is -2.44. The van der Waals surface area contributed by atoms with Crippen LogP contribution in [0.25, 0.3) is 10.9 Å². The molecule has 1 aliphatic carbocycles. The Bertz CT molecular complexity index is 1370. The molecule has 1 aromatic heterocycles. The molecule has 1 aliphatic rings. The van der Waals surface area contributed by atoms with Gasteiger partial charge in [-0.3, -0.25) is 0 Å². The van der Waals surface area contributed by atoms with E-state index in [1.807, 2.05) is 6.07 Å². The van der Waals surface area contributed by atoms with Gasteiger partial charge >= 0.3 is 0 Å². The lowest BCUT2D eigenvalue weighted by atomic mass is 9.91. The van der Waals surface area contributed by atoms with Crippen LogP contribution in [0.2, 0.25) is 5.02 Å². The van der Waals surface area contributed by atoms with Gasteiger partial charge in [-0.1, -0.05) is 11.6 Å². The van der Waals surface area contributed by atoms with Gasteiger partial charge in [-0.2, -0.15) is 14.8 Å². The number of hydrogen-bond donors (Lipinski definition) is 0. The summed E-state index contributed by atoms with van der Waals surface area (Å²) in [6.45, 7) is 0.572. The van der Waals surface area contributed by atoms with Crippen molar-refractivity contribution in [3.8, 4) is 12.1 Å². The Morgan fingerprint density at radius 3 is 2.55 bits per heavy atom. The number of nitriles is 2. The summed E-state index contributed by atoms with van der Waals surface area (Å²) in [5.74, 6) is -0.361. The summed E-state index contributed by atoms with van der Waals surface area (Å²) >= 11 is 5.93. The Hall–Kier alpha value is -2.91. The molecule has 0 spiro atoms. The second-order valence-electron chi connectivity index (χ2n) is 8.02. The summed E-state index contributed by atoms with van der Waals surface area (Å²) in [6, 6.07) is 14.4. The number of sulfonamides is 1. The number of benzene rings is 2. The van der Waals surface area contributed by atoms with Crippen LogP contribution in [0.4, 0.5) is 4.39 Å². The Morgan fingerprint density at radius 2 is 1.85 bits per heavy atom. The number of fused-ring (bicyclic) bond motifs is 3. The highest BCUT2D eigenvalue weighted by molar-refractivity contribution is 7.89. The molecule has 0 fully saturated rings. The largest absolute Gasteiger partial charge is 0.343 e. The fourth-order valence-electron chi connectivity index (χ4n) is 4.67. The first-order valence-electron chi connectivity index (χ1n) is 10.7. The molecule has 1 atom stereocenters. The summed E-state index contributed by atoms with van der Waals surface area (Å²) in [4.78, 5) is 0.123. The van der Waals surface area contributed by atoms with Gasteiger partial charge in [-0.25, -0.2) is 12.8 Å². The quantitative estimate of drug-likeness (QED) is 0.481. The normalized spacial score (nSPS) is 15.8. The van der Waals surface area contributed by atoms with Crippen LogP contribution in [0.1, 0.15) is 30.5 Å². The van der Waals surface area contributed by atoms with Crippen LogP contribution in [0.15, 0.2) is 47.4 Å². The molecule has 170 valence electrons. The maximum atomic E-state index is 14.1. The first-order valence-corrected chi connectivity index (χ1v) is 12.5. The van der Waals surface area contributed by atoms with Gasteiger partial charge in [0.1, 0.15) is 5.82 Å². The van der Waals surface area contributed by atoms with E-state index in [0.29, 0.717) is 37.3 Å². The van der Waals surface area contributed by atoms with E-state index >= 15 is 0 Å². The first-order chi connectivity index (χ1) is 15.9. The summed E-state index contributed by atoms with van der Waals surface area (Å²) < 4.78 is 44.6. The van der Waals surface area contributed by atoms with Gasteiger partial charge in [0.25, 0.3) is 0 Å². The van der Waals surface area contributed by atoms with Crippen LogP contribution >= 0.6 is 11.6 Å². The molecule has 1 unspecified atom stereocenters. The number of nitrogens with zero attached hydrogens (tertiary/aromatic N) is 4. The summed E-state index contributed by atoms with van der Waals surface area (Å²) in [5, 5.41) is 19.4. The Balaban J connectivity index is 1.75. The van der Waals surface area contributed by atoms with Crippen LogP contribution in [0, 0.1) is 28.5 Å². The third kappa shape index (κ3) is 4.47. The van der Waals surface area contributed by atoms with Gasteiger partial charge in [0.15, 0.2) is 0 Å². The zero-order valence-electron chi connectivity index (χ0n) is 17.8. The lowest BCUT2D eigenvalue weighted by Gasteiger charge is -2.33. The minimum atomic E-state index is -3.86. The monoisotopic (exact) mass is 484 g/mol. The van der Waals surface area contributed by atoms with Crippen LogP contribution < -0.4 is 0 Å². The lowest BCUT2D eigenvalue weighted by molar-refractivity contribution is 0.295. The van der Waals surface area contributed by atoms with E-state index in [0.717, 1.165) is 22.2 Å². The summed E-state index contributed by atoms with van der Waals surface area (Å²) in [7, 11) is -3.86. The molecule has 9 heteroatoms. The fourth-order valence-corrected chi connectivity index (χ4v) is 6.45. The number of aromatic nitrogens is 1. The second-order valence-corrected chi connectivity index (χ2v) is 10.3. The van der Waals surface area contributed by atoms with Gasteiger partial charge in [-0.05, 0) is 67.3 Å². The molecule has 33 heavy (non-hydrogen) atoms. The highest BCUT2D eigenvalue weighted by Crippen LogP contribution is 2.36. The van der Waals surface area contributed by atoms with Crippen molar-refractivity contribution in [1.82, 2.24) is 8.87 Å². The maximum absolute atomic E-state index is 14.1. The van der Waals surface area contributed by atoms with Crippen LogP contribution in [0.5, 0.6) is 0 Å². The molecule has 0 saturated carbocycles. The average molecular weight is 485 g/mol. The highest BCUT2D eigenvalue weighted by Gasteiger charge is 2.35. The van der Waals surface area contributed by atoms with E-state index in [-0.39, 0.29) is 29.7 Å². The van der Waals surface area contributed by atoms with Crippen molar-refractivity contribution >= 4 is 32.5 Å². The minimum absolute atomic E-state index is 0.0642. The smallest absolute Gasteiger partial charge is 0.243 e. The van der Waals surface area contributed by atoms with E-state index < -0.39 is 10.0 Å². The SMILES string of the molecule is N#CCCN(C1CCc2c(c3cc(F)ccc3n2CCC#N)C1)S(=O)(=O)c1ccc(Cl)cc1. The minimum Gasteiger partial charge on any atom is -0.343 e. The molecule has 0 amide bonds. The zero-order chi connectivity index (χ0) is 23.6. The Morgan fingerprint density at radius 1 is 1.12 bits per heavy atom. The van der Waals surface area contributed by atoms with Gasteiger partial charge in [-0.15, -0.1) is 0 Å². The predicted octanol–water partition coefficient (Wildman–Crippen LogP) is 4.81. The zero-order valence-corrected chi connectivity index (χ0v) is 19.4. The summed E-state index contributed by atoms with van der Waals surface area (Å²) in [5.41, 5.74) is 2.78. The topological polar surface area (TPSA) is 89.9 Å². The van der Waals surface area contributed by atoms with E-state index in [4.69, 9.17) is 22.1 Å². The molecule has 6 nitrogen and oxygen atoms in total. The second kappa shape index (κ2) is 9.52. The van der Waals surface area contributed by atoms with E-state index in [2.05, 4.69) is 10.6 Å². The third-order valence-electron chi connectivity index (χ3n) is 6.12. The number of hydrogen-bond acceptors (Lipinski definition) is 4. The van der Waals surface area contributed by atoms with Crippen molar-refractivity contribution in [3.05, 3.63) is 64.6 Å². The van der Waals surface area contributed by atoms with Crippen LogP contribution in [-0.2, 0) is 29.4 Å². The molecule has 1 heterocycles. The van der Waals surface area contributed by atoms with Crippen molar-refractivity contribution < 1.29 is 12.8 Å². The summed E-state index contributed by atoms with van der Waals surface area (Å²) in [6.07, 6.45) is 1.97. The third-order valence-corrected chi connectivity index (χ3v) is 8.34. The molecule has 0 saturated heterocycles. The predicted molar refractivity (Wildman–Crippen MR) is 124 cm³/mol. The molecule has 4 rings (SSSR count). The van der Waals surface area contributed by atoms with Crippen molar-refractivity contribution in [2.24, 2.45) is 0 Å². The van der Waals surface area contributed by atoms with Crippen molar-refractivity contribution in [2.75, 3.05) is 6.54 Å². The van der Waals surface area contributed by atoms with Gasteiger partial charge in [0, 0.05) is 47.2 Å². The standard InChI is InChI=1S/C24H22ClFN4O2S/c25-17-3-7-20(8-4-17)33(31,32)30(14-2-12-28)19-6-10-24-22(16-19)21-15-18(26)5-9-23(21)29(24)13-1-11-27/h3-5,7-9,15,19H,1-2,6,10,13-14,16H2. The molecule has 0 aliphatic heterocycles. The van der Waals surface area contributed by atoms with Gasteiger partial charge < -0.3 is 4.57 Å². The molecular weight excluding hydrogens is 463 g/mol. The Labute approximate surface area is 197 Å². The average Bonchev–Trinajstić information content (AvgIpc) is 3.10. The number of aryl methyl sites for hydroxylation is 1. The van der Waals surface area contributed by atoms with Gasteiger partial charge in [0.05, 0.1) is 23.5 Å². The molecule has 3 aromatic rings. The molecular formula is C24H22ClFN4O2S. The Kier molecular flexibility index (Phi) is 6.71. The molecule has 0 bridgehead atoms. The van der Waals surface area contributed by atoms with E-state index in [1.165, 1.54) is 40.7 Å². The fraction of sp³-hybridized carbons (Fsp3) is 0.333. The van der Waals surface area contributed by atoms with E-state index in [9.17, 15) is 12.8 Å². The van der Waals surface area contributed by atoms with Crippen LogP contribution in [-0.4, -0.2) is 29.9 Å². The number of rotatable bonds is 7. The maximum Gasteiger partial charge on any atom is 0.243 e. The highest BCUT2D eigenvalue weighted by atomic mass is 35.5. The van der Waals surface area contributed by atoms with E-state index in [1.54, 1.807) is 6.07 Å². The molecule has 2 aromatic carbocycles. The molecule has 0 radical (unpaired) electrons. The molecule has 0 N–H and O–H groups in total. The van der Waals surface area contributed by atoms with Crippen molar-refractivity contribution in [3.63, 3.8) is 0 Å².